The normalized spacial score (nSPS) is 10.9. The van der Waals surface area contributed by atoms with Crippen molar-refractivity contribution in [1.82, 2.24) is 14.6 Å². The number of fused-ring (bicyclic) bond motifs is 1. The highest BCUT2D eigenvalue weighted by atomic mass is 15.3. The van der Waals surface area contributed by atoms with Gasteiger partial charge in [-0.3, -0.25) is 0 Å². The van der Waals surface area contributed by atoms with Gasteiger partial charge in [-0.2, -0.15) is 10.4 Å². The van der Waals surface area contributed by atoms with Crippen LogP contribution in [-0.2, 0) is 0 Å². The Morgan fingerprint density at radius 2 is 2.20 bits per heavy atom. The lowest BCUT2D eigenvalue weighted by molar-refractivity contribution is 0.796. The molecule has 0 atom stereocenters. The molecule has 0 aliphatic heterocycles. The second-order valence-corrected chi connectivity index (χ2v) is 3.88. The van der Waals surface area contributed by atoms with Crippen molar-refractivity contribution in [3.8, 4) is 6.07 Å². The molecule has 0 aliphatic rings. The van der Waals surface area contributed by atoms with E-state index in [1.165, 1.54) is 0 Å². The van der Waals surface area contributed by atoms with E-state index in [2.05, 4.69) is 30.0 Å². The standard InChI is InChI=1S/C11H12N4/c1-7(2)10-4-8(3)15-11(14-10)9(5-12)6-13-15/h4,6-7H,1-3H3. The lowest BCUT2D eigenvalue weighted by atomic mass is 10.1. The molecule has 0 N–H and O–H groups in total. The Bertz CT molecular complexity index is 545. The number of aryl methyl sites for hydroxylation is 1. The second-order valence-electron chi connectivity index (χ2n) is 3.88. The molecule has 4 heteroatoms. The molecule has 0 spiro atoms. The Balaban J connectivity index is 2.78. The quantitative estimate of drug-likeness (QED) is 0.707. The molecule has 2 aromatic heterocycles. The minimum atomic E-state index is 0.357. The molecule has 0 radical (unpaired) electrons. The summed E-state index contributed by atoms with van der Waals surface area (Å²) in [6.07, 6.45) is 1.56. The molecule has 4 nitrogen and oxygen atoms in total. The van der Waals surface area contributed by atoms with Crippen LogP contribution in [0.15, 0.2) is 12.3 Å². The van der Waals surface area contributed by atoms with E-state index >= 15 is 0 Å². The molecular formula is C11H12N4. The van der Waals surface area contributed by atoms with E-state index in [9.17, 15) is 0 Å². The van der Waals surface area contributed by atoms with Gasteiger partial charge in [-0.25, -0.2) is 9.50 Å². The van der Waals surface area contributed by atoms with Gasteiger partial charge in [-0.1, -0.05) is 13.8 Å². The van der Waals surface area contributed by atoms with Crippen LogP contribution < -0.4 is 0 Å². The number of nitriles is 1. The van der Waals surface area contributed by atoms with Gasteiger partial charge in [0.05, 0.1) is 6.20 Å². The summed E-state index contributed by atoms with van der Waals surface area (Å²) in [5.41, 5.74) is 3.18. The Hall–Kier alpha value is -1.89. The molecule has 0 saturated heterocycles. The monoisotopic (exact) mass is 200 g/mol. The van der Waals surface area contributed by atoms with E-state index in [0.717, 1.165) is 11.4 Å². The zero-order valence-electron chi connectivity index (χ0n) is 9.02. The third-order valence-corrected chi connectivity index (χ3v) is 2.38. The van der Waals surface area contributed by atoms with Gasteiger partial charge >= 0.3 is 0 Å². The van der Waals surface area contributed by atoms with Crippen LogP contribution in [0, 0.1) is 18.3 Å². The predicted octanol–water partition coefficient (Wildman–Crippen LogP) is 2.03. The maximum Gasteiger partial charge on any atom is 0.173 e. The zero-order valence-corrected chi connectivity index (χ0v) is 9.02. The van der Waals surface area contributed by atoms with Crippen LogP contribution in [0.25, 0.3) is 5.65 Å². The first-order valence-electron chi connectivity index (χ1n) is 4.89. The van der Waals surface area contributed by atoms with E-state index in [-0.39, 0.29) is 0 Å². The zero-order chi connectivity index (χ0) is 11.0. The van der Waals surface area contributed by atoms with Crippen molar-refractivity contribution in [3.05, 3.63) is 29.2 Å². The minimum absolute atomic E-state index is 0.357. The first-order chi connectivity index (χ1) is 7.13. The molecule has 0 amide bonds. The van der Waals surface area contributed by atoms with Crippen molar-refractivity contribution in [2.45, 2.75) is 26.7 Å². The molecule has 0 saturated carbocycles. The predicted molar refractivity (Wildman–Crippen MR) is 56.5 cm³/mol. The van der Waals surface area contributed by atoms with Crippen molar-refractivity contribution in [2.75, 3.05) is 0 Å². The van der Waals surface area contributed by atoms with Crippen LogP contribution in [0.3, 0.4) is 0 Å². The van der Waals surface area contributed by atoms with Gasteiger partial charge in [0.2, 0.25) is 0 Å². The molecule has 2 heterocycles. The van der Waals surface area contributed by atoms with Crippen LogP contribution in [-0.4, -0.2) is 14.6 Å². The molecule has 2 aromatic rings. The van der Waals surface area contributed by atoms with Gasteiger partial charge in [0.25, 0.3) is 0 Å². The van der Waals surface area contributed by atoms with Gasteiger partial charge in [0, 0.05) is 11.4 Å². The van der Waals surface area contributed by atoms with Crippen LogP contribution in [0.1, 0.15) is 36.7 Å². The average Bonchev–Trinajstić information content (AvgIpc) is 2.60. The highest BCUT2D eigenvalue weighted by Crippen LogP contribution is 2.16. The lowest BCUT2D eigenvalue weighted by Crippen LogP contribution is -2.01. The fraction of sp³-hybridized carbons (Fsp3) is 0.364. The molecule has 0 bridgehead atoms. The maximum absolute atomic E-state index is 8.90. The van der Waals surface area contributed by atoms with Gasteiger partial charge in [0.1, 0.15) is 11.6 Å². The Morgan fingerprint density at radius 3 is 2.80 bits per heavy atom. The van der Waals surface area contributed by atoms with Crippen LogP contribution in [0.5, 0.6) is 0 Å². The summed E-state index contributed by atoms with van der Waals surface area (Å²) in [7, 11) is 0. The van der Waals surface area contributed by atoms with Crippen molar-refractivity contribution >= 4 is 5.65 Å². The van der Waals surface area contributed by atoms with E-state index in [1.54, 1.807) is 10.7 Å². The SMILES string of the molecule is Cc1cc(C(C)C)nc2c(C#N)cnn12. The van der Waals surface area contributed by atoms with Gasteiger partial charge < -0.3 is 0 Å². The topological polar surface area (TPSA) is 54.0 Å². The number of hydrogen-bond acceptors (Lipinski definition) is 3. The molecule has 0 fully saturated rings. The summed E-state index contributed by atoms with van der Waals surface area (Å²) in [4.78, 5) is 4.44. The molecule has 15 heavy (non-hydrogen) atoms. The van der Waals surface area contributed by atoms with Gasteiger partial charge in [-0.05, 0) is 18.9 Å². The third kappa shape index (κ3) is 1.46. The average molecular weight is 200 g/mol. The van der Waals surface area contributed by atoms with Crippen molar-refractivity contribution < 1.29 is 0 Å². The van der Waals surface area contributed by atoms with E-state index < -0.39 is 0 Å². The highest BCUT2D eigenvalue weighted by Gasteiger charge is 2.10. The molecular weight excluding hydrogens is 188 g/mol. The number of nitrogens with zero attached hydrogens (tertiary/aromatic N) is 4. The fourth-order valence-electron chi connectivity index (χ4n) is 1.51. The van der Waals surface area contributed by atoms with Crippen molar-refractivity contribution in [2.24, 2.45) is 0 Å². The summed E-state index contributed by atoms with van der Waals surface area (Å²) in [5.74, 6) is 0.357. The number of rotatable bonds is 1. The molecule has 76 valence electrons. The second kappa shape index (κ2) is 3.35. The van der Waals surface area contributed by atoms with Crippen LogP contribution >= 0.6 is 0 Å². The summed E-state index contributed by atoms with van der Waals surface area (Å²) in [5, 5.41) is 13.0. The first-order valence-corrected chi connectivity index (χ1v) is 4.89. The van der Waals surface area contributed by atoms with E-state index in [4.69, 9.17) is 5.26 Å². The fourth-order valence-corrected chi connectivity index (χ4v) is 1.51. The lowest BCUT2D eigenvalue weighted by Gasteiger charge is -2.06. The molecule has 2 rings (SSSR count). The van der Waals surface area contributed by atoms with Crippen LogP contribution in [0.4, 0.5) is 0 Å². The summed E-state index contributed by atoms with van der Waals surface area (Å²) in [6, 6.07) is 4.10. The van der Waals surface area contributed by atoms with Crippen molar-refractivity contribution in [1.29, 1.82) is 5.26 Å². The Morgan fingerprint density at radius 1 is 1.47 bits per heavy atom. The van der Waals surface area contributed by atoms with E-state index in [1.807, 2.05) is 13.0 Å². The summed E-state index contributed by atoms with van der Waals surface area (Å²) < 4.78 is 1.70. The molecule has 0 aliphatic carbocycles. The van der Waals surface area contributed by atoms with Crippen LogP contribution in [0.2, 0.25) is 0 Å². The third-order valence-electron chi connectivity index (χ3n) is 2.38. The first kappa shape index (κ1) is 9.66. The highest BCUT2D eigenvalue weighted by molar-refractivity contribution is 5.54. The summed E-state index contributed by atoms with van der Waals surface area (Å²) >= 11 is 0. The maximum atomic E-state index is 8.90. The number of aromatic nitrogens is 3. The van der Waals surface area contributed by atoms with Gasteiger partial charge in [0.15, 0.2) is 5.65 Å². The van der Waals surface area contributed by atoms with E-state index in [0.29, 0.717) is 17.1 Å². The number of hydrogen-bond donors (Lipinski definition) is 0. The van der Waals surface area contributed by atoms with Gasteiger partial charge in [-0.15, -0.1) is 0 Å². The minimum Gasteiger partial charge on any atom is -0.232 e. The molecule has 0 unspecified atom stereocenters. The largest absolute Gasteiger partial charge is 0.232 e. The Labute approximate surface area is 88.2 Å². The smallest absolute Gasteiger partial charge is 0.173 e. The molecule has 0 aromatic carbocycles. The summed E-state index contributed by atoms with van der Waals surface area (Å²) in [6.45, 7) is 6.14. The Kier molecular flexibility index (Phi) is 2.16. The van der Waals surface area contributed by atoms with Crippen molar-refractivity contribution in [3.63, 3.8) is 0 Å².